The second kappa shape index (κ2) is 15.2. The summed E-state index contributed by atoms with van der Waals surface area (Å²) in [4.78, 5) is 82.1. The number of hydrogen-bond donors (Lipinski definition) is 12. The van der Waals surface area contributed by atoms with Gasteiger partial charge in [-0.15, -0.1) is 0 Å². The molecule has 2 fully saturated rings. The van der Waals surface area contributed by atoms with Crippen LogP contribution in [0.3, 0.4) is 0 Å². The fraction of sp³-hybridized carbons (Fsp3) is 0.524. The lowest BCUT2D eigenvalue weighted by molar-refractivity contribution is -0.107. The SMILES string of the molecule is CN(C=O)c1c(N[C@@H]2O[C@H](COP(=O)(O)OP(=O)(O)OP(=O)(O)OC[C@H]3O[C@@H](n4cnc5c(=O)[nH]c(N)nc54)[C@H](O)[C@@H]3O)[C@@H](O)[C@H]2O)nc(N)[nH]c1=O. The van der Waals surface area contributed by atoms with E-state index in [1.54, 1.807) is 0 Å². The minimum atomic E-state index is -6.03. The molecule has 29 nitrogen and oxygen atoms in total. The number of rotatable bonds is 15. The van der Waals surface area contributed by atoms with Crippen molar-refractivity contribution < 1.29 is 80.7 Å². The van der Waals surface area contributed by atoms with E-state index in [2.05, 4.69) is 47.9 Å². The highest BCUT2D eigenvalue weighted by atomic mass is 31.3. The van der Waals surface area contributed by atoms with Crippen LogP contribution < -0.4 is 32.8 Å². The van der Waals surface area contributed by atoms with Gasteiger partial charge < -0.3 is 66.3 Å². The molecule has 2 aliphatic rings. The maximum Gasteiger partial charge on any atom is 0.490 e. The van der Waals surface area contributed by atoms with Gasteiger partial charge in [-0.25, -0.2) is 18.7 Å². The van der Waals surface area contributed by atoms with Gasteiger partial charge in [0.25, 0.3) is 11.1 Å². The normalized spacial score (nSPS) is 29.4. The molecule has 0 bridgehead atoms. The third kappa shape index (κ3) is 8.98. The minimum Gasteiger partial charge on any atom is -0.387 e. The second-order valence-corrected chi connectivity index (χ2v) is 15.7. The fourth-order valence-electron chi connectivity index (χ4n) is 4.99. The Morgan fingerprint density at radius 3 is 2.04 bits per heavy atom. The van der Waals surface area contributed by atoms with Gasteiger partial charge in [-0.2, -0.15) is 18.6 Å². The third-order valence-electron chi connectivity index (χ3n) is 7.34. The van der Waals surface area contributed by atoms with E-state index < -0.39 is 103 Å². The number of nitrogen functional groups attached to an aromatic ring is 2. The number of amides is 1. The topological polar surface area (TPSA) is 442 Å². The summed E-state index contributed by atoms with van der Waals surface area (Å²) in [5, 5.41) is 44.1. The Hall–Kier alpha value is -3.73. The Balaban J connectivity index is 1.15. The third-order valence-corrected chi connectivity index (χ3v) is 11.6. The standard InChI is InChI=1S/C21H31N10O19P3/c1-30(5-32)9-14(26-20(22)29-17(9)38)25-18-12(35)10(33)6(47-18)2-45-51(39,40)49-53(43,44)50-52(41,42)46-3-7-11(34)13(36)19(48-7)31-4-24-8-15(31)27-21(23)28-16(8)37/h4-7,10-13,18-19,33-36H,2-3H2,1H3,(H,39,40)(H,41,42)(H,43,44)(H3,23,27,28,37)(H4,22,25,26,29,38)/t6-,7-,10-,11-,12-,13-,18-,19-/m1/s1. The molecule has 1 amide bonds. The van der Waals surface area contributed by atoms with Crippen molar-refractivity contribution in [2.45, 2.75) is 49.1 Å². The Labute approximate surface area is 292 Å². The van der Waals surface area contributed by atoms with Crippen LogP contribution in [0.2, 0.25) is 0 Å². The number of aliphatic hydroxyl groups is 4. The Kier molecular flexibility index (Phi) is 11.6. The summed E-state index contributed by atoms with van der Waals surface area (Å²) < 4.78 is 66.2. The zero-order valence-electron chi connectivity index (χ0n) is 26.4. The van der Waals surface area contributed by atoms with Crippen molar-refractivity contribution in [2.75, 3.05) is 41.9 Å². The smallest absolute Gasteiger partial charge is 0.387 e. The number of imidazole rings is 1. The number of aromatic amines is 2. The van der Waals surface area contributed by atoms with Gasteiger partial charge in [-0.3, -0.25) is 38.0 Å². The molecule has 5 heterocycles. The van der Waals surface area contributed by atoms with E-state index in [1.807, 2.05) is 0 Å². The van der Waals surface area contributed by atoms with Crippen LogP contribution in [0.25, 0.3) is 11.2 Å². The van der Waals surface area contributed by atoms with Crippen molar-refractivity contribution in [1.82, 2.24) is 29.5 Å². The van der Waals surface area contributed by atoms with Crippen LogP contribution in [0.5, 0.6) is 0 Å². The molecule has 32 heteroatoms. The molecule has 2 saturated heterocycles. The van der Waals surface area contributed by atoms with Crippen LogP contribution >= 0.6 is 23.5 Å². The predicted molar refractivity (Wildman–Crippen MR) is 170 cm³/mol. The molecule has 0 saturated carbocycles. The maximum absolute atomic E-state index is 12.4. The molecule has 0 radical (unpaired) electrons. The molecule has 14 N–H and O–H groups in total. The molecule has 3 aromatic heterocycles. The van der Waals surface area contributed by atoms with Crippen molar-refractivity contribution in [2.24, 2.45) is 0 Å². The molecular weight excluding hydrogens is 789 g/mol. The van der Waals surface area contributed by atoms with Crippen LogP contribution in [0.1, 0.15) is 6.23 Å². The second-order valence-electron chi connectivity index (χ2n) is 11.1. The maximum atomic E-state index is 12.4. The van der Waals surface area contributed by atoms with E-state index in [4.69, 9.17) is 20.9 Å². The number of carbonyl (C=O) groups excluding carboxylic acids is 1. The Morgan fingerprint density at radius 1 is 0.887 bits per heavy atom. The van der Waals surface area contributed by atoms with Gasteiger partial charge in [0.05, 0.1) is 19.5 Å². The number of hydrogen-bond acceptors (Lipinski definition) is 22. The molecule has 53 heavy (non-hydrogen) atoms. The summed E-state index contributed by atoms with van der Waals surface area (Å²) in [6.07, 6.45) is -12.5. The molecule has 5 rings (SSSR count). The predicted octanol–water partition coefficient (Wildman–Crippen LogP) is -4.49. The first-order chi connectivity index (χ1) is 24.6. The van der Waals surface area contributed by atoms with Crippen molar-refractivity contribution in [1.29, 1.82) is 0 Å². The molecule has 11 atom stereocenters. The zero-order valence-corrected chi connectivity index (χ0v) is 29.1. The monoisotopic (exact) mass is 820 g/mol. The summed E-state index contributed by atoms with van der Waals surface area (Å²) in [5.74, 6) is -1.12. The quantitative estimate of drug-likeness (QED) is 0.0508. The van der Waals surface area contributed by atoms with E-state index in [0.717, 1.165) is 15.8 Å². The van der Waals surface area contributed by atoms with E-state index in [9.17, 15) is 63.2 Å². The number of carbonyl (C=O) groups is 1. The number of nitrogens with one attached hydrogen (secondary N) is 3. The first kappa shape index (κ1) is 40.5. The summed E-state index contributed by atoms with van der Waals surface area (Å²) in [5.41, 5.74) is 8.69. The van der Waals surface area contributed by atoms with Crippen molar-refractivity contribution >= 4 is 64.4 Å². The van der Waals surface area contributed by atoms with Gasteiger partial charge in [0.1, 0.15) is 36.6 Å². The van der Waals surface area contributed by atoms with Gasteiger partial charge >= 0.3 is 23.5 Å². The number of anilines is 4. The van der Waals surface area contributed by atoms with Crippen LogP contribution in [0, 0.1) is 0 Å². The summed E-state index contributed by atoms with van der Waals surface area (Å²) >= 11 is 0. The van der Waals surface area contributed by atoms with E-state index in [-0.39, 0.29) is 35.0 Å². The summed E-state index contributed by atoms with van der Waals surface area (Å²) in [6.45, 7) is -2.26. The molecule has 0 spiro atoms. The van der Waals surface area contributed by atoms with Crippen molar-refractivity contribution in [3.63, 3.8) is 0 Å². The lowest BCUT2D eigenvalue weighted by Crippen LogP contribution is -2.38. The highest BCUT2D eigenvalue weighted by Gasteiger charge is 2.49. The van der Waals surface area contributed by atoms with Gasteiger partial charge in [0.15, 0.2) is 35.1 Å². The number of phosphoric acid groups is 3. The summed E-state index contributed by atoms with van der Waals surface area (Å²) in [7, 11) is -16.3. The number of ether oxygens (including phenoxy) is 2. The number of nitrogens with two attached hydrogens (primary N) is 2. The molecule has 0 aromatic carbocycles. The molecule has 3 aromatic rings. The first-order valence-corrected chi connectivity index (χ1v) is 18.9. The Bertz CT molecular complexity index is 2120. The molecule has 3 unspecified atom stereocenters. The van der Waals surface area contributed by atoms with Crippen molar-refractivity contribution in [3.8, 4) is 0 Å². The van der Waals surface area contributed by atoms with E-state index in [1.165, 1.54) is 7.05 Å². The highest BCUT2D eigenvalue weighted by Crippen LogP contribution is 2.67. The van der Waals surface area contributed by atoms with Crippen molar-refractivity contribution in [3.05, 3.63) is 27.0 Å². The average molecular weight is 820 g/mol. The average Bonchev–Trinajstić information content (AvgIpc) is 3.67. The Morgan fingerprint density at radius 2 is 1.43 bits per heavy atom. The van der Waals surface area contributed by atoms with Gasteiger partial charge in [-0.1, -0.05) is 0 Å². The molecule has 2 aliphatic heterocycles. The van der Waals surface area contributed by atoms with E-state index in [0.29, 0.717) is 0 Å². The lowest BCUT2D eigenvalue weighted by Gasteiger charge is -2.21. The number of aromatic nitrogens is 6. The zero-order chi connectivity index (χ0) is 39.2. The fourth-order valence-corrected chi connectivity index (χ4v) is 8.51. The van der Waals surface area contributed by atoms with Gasteiger partial charge in [0.2, 0.25) is 18.3 Å². The van der Waals surface area contributed by atoms with Gasteiger partial charge in [-0.05, 0) is 0 Å². The van der Waals surface area contributed by atoms with Crippen LogP contribution in [-0.4, -0.2) is 134 Å². The lowest BCUT2D eigenvalue weighted by atomic mass is 10.1. The highest BCUT2D eigenvalue weighted by molar-refractivity contribution is 7.66. The minimum absolute atomic E-state index is 0.165. The number of H-pyrrole nitrogens is 2. The number of fused-ring (bicyclic) bond motifs is 1. The largest absolute Gasteiger partial charge is 0.490 e. The number of nitrogens with zero attached hydrogens (tertiary/aromatic N) is 5. The van der Waals surface area contributed by atoms with Gasteiger partial charge in [0, 0.05) is 7.05 Å². The summed E-state index contributed by atoms with van der Waals surface area (Å²) in [6, 6.07) is 0. The molecule has 294 valence electrons. The first-order valence-electron chi connectivity index (χ1n) is 14.4. The molecular formula is C21H31N10O19P3. The van der Waals surface area contributed by atoms with Crippen LogP contribution in [0.4, 0.5) is 23.4 Å². The van der Waals surface area contributed by atoms with Crippen LogP contribution in [-0.2, 0) is 45.6 Å². The van der Waals surface area contributed by atoms with E-state index >= 15 is 0 Å². The number of aliphatic hydroxyl groups excluding tert-OH is 4. The molecule has 0 aliphatic carbocycles. The van der Waals surface area contributed by atoms with Crippen LogP contribution in [0.15, 0.2) is 15.9 Å². The number of phosphoric ester groups is 2.